The third kappa shape index (κ3) is 5.20. The molecule has 200 valence electrons. The van der Waals surface area contributed by atoms with Gasteiger partial charge in [-0.05, 0) is 26.4 Å². The van der Waals surface area contributed by atoms with Gasteiger partial charge in [0.25, 0.3) is 11.8 Å². The number of methoxy groups -OCH3 is 2. The molecule has 1 saturated heterocycles. The lowest BCUT2D eigenvalue weighted by molar-refractivity contribution is -0.125. The lowest BCUT2D eigenvalue weighted by Gasteiger charge is -2.16. The highest BCUT2D eigenvalue weighted by molar-refractivity contribution is 6.35. The Bertz CT molecular complexity index is 1450. The van der Waals surface area contributed by atoms with Crippen molar-refractivity contribution in [3.63, 3.8) is 0 Å². The standard InChI is InChI=1S/C25H26ClF2N7O3/c1-33(2)10-5-6-18(36)34-11-9-14(13-34)35-22-16(26)12-30-23(29)19(22)17(32-35)8-7-15-20(27)24(37-3)31-25(38-4)21(15)28/h5-6,12,14H,9-11,13H2,1-4H3,(H2,29,30). The maximum Gasteiger partial charge on any atom is 0.254 e. The van der Waals surface area contributed by atoms with Crippen LogP contribution >= 0.6 is 11.6 Å². The van der Waals surface area contributed by atoms with Crippen molar-refractivity contribution < 1.29 is 23.0 Å². The van der Waals surface area contributed by atoms with Crippen LogP contribution in [0.2, 0.25) is 5.02 Å². The highest BCUT2D eigenvalue weighted by Gasteiger charge is 2.30. The van der Waals surface area contributed by atoms with Gasteiger partial charge >= 0.3 is 0 Å². The number of likely N-dealkylation sites (tertiary alicyclic amines) is 1. The highest BCUT2D eigenvalue weighted by Crippen LogP contribution is 2.34. The number of aromatic nitrogens is 4. The van der Waals surface area contributed by atoms with Crippen LogP contribution < -0.4 is 15.2 Å². The molecular formula is C25H26ClF2N7O3. The summed E-state index contributed by atoms with van der Waals surface area (Å²) in [7, 11) is 6.21. The molecule has 38 heavy (non-hydrogen) atoms. The van der Waals surface area contributed by atoms with E-state index in [1.54, 1.807) is 21.7 Å². The van der Waals surface area contributed by atoms with Crippen LogP contribution in [0.15, 0.2) is 18.3 Å². The van der Waals surface area contributed by atoms with E-state index in [1.165, 1.54) is 20.4 Å². The zero-order valence-electron chi connectivity index (χ0n) is 21.3. The zero-order valence-corrected chi connectivity index (χ0v) is 22.0. The molecule has 0 saturated carbocycles. The number of anilines is 1. The molecular weight excluding hydrogens is 520 g/mol. The van der Waals surface area contributed by atoms with Gasteiger partial charge in [0.2, 0.25) is 17.5 Å². The average molecular weight is 546 g/mol. The van der Waals surface area contributed by atoms with E-state index >= 15 is 0 Å². The van der Waals surface area contributed by atoms with Gasteiger partial charge in [0, 0.05) is 25.7 Å². The quantitative estimate of drug-likeness (QED) is 0.372. The first kappa shape index (κ1) is 27.1. The van der Waals surface area contributed by atoms with Gasteiger partial charge in [-0.15, -0.1) is 0 Å². The van der Waals surface area contributed by atoms with Gasteiger partial charge in [-0.2, -0.15) is 18.9 Å². The summed E-state index contributed by atoms with van der Waals surface area (Å²) in [5.74, 6) is 2.05. The highest BCUT2D eigenvalue weighted by atomic mass is 35.5. The molecule has 1 aliphatic rings. The van der Waals surface area contributed by atoms with E-state index in [2.05, 4.69) is 26.9 Å². The van der Waals surface area contributed by atoms with Crippen molar-refractivity contribution in [2.75, 3.05) is 53.7 Å². The number of rotatable bonds is 6. The van der Waals surface area contributed by atoms with Crippen LogP contribution in [0.1, 0.15) is 23.7 Å². The molecule has 13 heteroatoms. The number of halogens is 3. The number of carbonyl (C=O) groups is 1. The first-order valence-corrected chi connectivity index (χ1v) is 11.9. The second-order valence-corrected chi connectivity index (χ2v) is 9.19. The van der Waals surface area contributed by atoms with E-state index in [0.717, 1.165) is 0 Å². The molecule has 0 radical (unpaired) electrons. The van der Waals surface area contributed by atoms with E-state index in [1.807, 2.05) is 19.0 Å². The number of hydrogen-bond acceptors (Lipinski definition) is 8. The van der Waals surface area contributed by atoms with Crippen LogP contribution in [-0.2, 0) is 4.79 Å². The number of likely N-dealkylation sites (N-methyl/N-ethyl adjacent to an activating group) is 1. The SMILES string of the molecule is COc1nc(OC)c(F)c(C#Cc2nn(C3CCN(C(=O)C=CCN(C)C)C3)c3c(Cl)cnc(N)c23)c1F. The minimum atomic E-state index is -1.08. The summed E-state index contributed by atoms with van der Waals surface area (Å²) in [6.07, 6.45) is 5.36. The zero-order chi connectivity index (χ0) is 27.6. The van der Waals surface area contributed by atoms with Crippen molar-refractivity contribution in [1.29, 1.82) is 0 Å². The fourth-order valence-corrected chi connectivity index (χ4v) is 4.35. The molecule has 0 aromatic carbocycles. The van der Waals surface area contributed by atoms with Crippen molar-refractivity contribution in [2.24, 2.45) is 0 Å². The van der Waals surface area contributed by atoms with E-state index in [4.69, 9.17) is 26.8 Å². The lowest BCUT2D eigenvalue weighted by Crippen LogP contribution is -2.27. The molecule has 0 spiro atoms. The summed E-state index contributed by atoms with van der Waals surface area (Å²) < 4.78 is 41.0. The Kier molecular flexibility index (Phi) is 7.99. The predicted octanol–water partition coefficient (Wildman–Crippen LogP) is 2.65. The Morgan fingerprint density at radius 2 is 1.95 bits per heavy atom. The van der Waals surface area contributed by atoms with Crippen molar-refractivity contribution in [1.82, 2.24) is 29.5 Å². The Hall–Kier alpha value is -3.95. The van der Waals surface area contributed by atoms with Crippen LogP contribution in [0.3, 0.4) is 0 Å². The molecule has 3 aromatic heterocycles. The summed E-state index contributed by atoms with van der Waals surface area (Å²) in [5, 5.41) is 5.20. The Morgan fingerprint density at radius 1 is 1.26 bits per heavy atom. The maximum absolute atomic E-state index is 14.8. The molecule has 10 nitrogen and oxygen atoms in total. The van der Waals surface area contributed by atoms with Crippen molar-refractivity contribution in [3.05, 3.63) is 46.3 Å². The summed E-state index contributed by atoms with van der Waals surface area (Å²) in [4.78, 5) is 24.0. The number of fused-ring (bicyclic) bond motifs is 1. The molecule has 2 N–H and O–H groups in total. The summed E-state index contributed by atoms with van der Waals surface area (Å²) in [5.41, 5.74) is 6.13. The van der Waals surface area contributed by atoms with Gasteiger partial charge in [-0.1, -0.05) is 23.6 Å². The first-order chi connectivity index (χ1) is 18.2. The third-order valence-corrected chi connectivity index (χ3v) is 6.25. The van der Waals surface area contributed by atoms with Crippen LogP contribution in [0.25, 0.3) is 10.9 Å². The van der Waals surface area contributed by atoms with Gasteiger partial charge in [-0.25, -0.2) is 4.98 Å². The van der Waals surface area contributed by atoms with Crippen LogP contribution in [0, 0.1) is 23.5 Å². The lowest BCUT2D eigenvalue weighted by atomic mass is 10.2. The normalized spacial score (nSPS) is 15.4. The van der Waals surface area contributed by atoms with Gasteiger partial charge < -0.3 is 25.0 Å². The Morgan fingerprint density at radius 3 is 2.58 bits per heavy atom. The molecule has 3 aromatic rings. The largest absolute Gasteiger partial charge is 0.479 e. The van der Waals surface area contributed by atoms with E-state index in [9.17, 15) is 13.6 Å². The first-order valence-electron chi connectivity index (χ1n) is 11.6. The molecule has 4 rings (SSSR count). The molecule has 4 heterocycles. The van der Waals surface area contributed by atoms with Crippen molar-refractivity contribution >= 4 is 34.2 Å². The predicted molar refractivity (Wildman–Crippen MR) is 138 cm³/mol. The third-order valence-electron chi connectivity index (χ3n) is 5.97. The summed E-state index contributed by atoms with van der Waals surface area (Å²) >= 11 is 6.49. The van der Waals surface area contributed by atoms with Crippen LogP contribution in [0.5, 0.6) is 11.8 Å². The molecule has 1 atom stereocenters. The number of pyridine rings is 2. The van der Waals surface area contributed by atoms with Gasteiger partial charge in [-0.3, -0.25) is 9.48 Å². The van der Waals surface area contributed by atoms with Gasteiger partial charge in [0.1, 0.15) is 17.1 Å². The summed E-state index contributed by atoms with van der Waals surface area (Å²) in [6.45, 7) is 1.55. The number of amides is 1. The molecule has 1 aliphatic heterocycles. The second-order valence-electron chi connectivity index (χ2n) is 8.78. The molecule has 1 amide bonds. The van der Waals surface area contributed by atoms with Crippen LogP contribution in [0.4, 0.5) is 14.6 Å². The van der Waals surface area contributed by atoms with Crippen molar-refractivity contribution in [2.45, 2.75) is 12.5 Å². The Labute approximate surface area is 223 Å². The van der Waals surface area contributed by atoms with Gasteiger partial charge in [0.05, 0.1) is 42.4 Å². The topological polar surface area (TPSA) is 112 Å². The smallest absolute Gasteiger partial charge is 0.254 e. The number of carbonyl (C=O) groups excluding carboxylic acids is 1. The Balaban J connectivity index is 1.74. The number of nitrogens with two attached hydrogens (primary N) is 1. The maximum atomic E-state index is 14.8. The molecule has 1 fully saturated rings. The number of nitrogen functional groups attached to an aromatic ring is 1. The minimum absolute atomic E-state index is 0.100. The fraction of sp³-hybridized carbons (Fsp3) is 0.360. The number of nitrogens with zero attached hydrogens (tertiary/aromatic N) is 6. The van der Waals surface area contributed by atoms with E-state index in [-0.39, 0.29) is 28.5 Å². The molecule has 1 unspecified atom stereocenters. The van der Waals surface area contributed by atoms with E-state index in [0.29, 0.717) is 37.0 Å². The number of hydrogen-bond donors (Lipinski definition) is 1. The molecule has 0 aliphatic carbocycles. The molecule has 0 bridgehead atoms. The van der Waals surface area contributed by atoms with Gasteiger partial charge in [0.15, 0.2) is 0 Å². The van der Waals surface area contributed by atoms with E-state index < -0.39 is 29.0 Å². The second kappa shape index (κ2) is 11.2. The summed E-state index contributed by atoms with van der Waals surface area (Å²) in [6, 6.07) is -0.229. The van der Waals surface area contributed by atoms with Crippen molar-refractivity contribution in [3.8, 4) is 23.6 Å². The van der Waals surface area contributed by atoms with Crippen LogP contribution in [-0.4, -0.2) is 83.4 Å². The monoisotopic (exact) mass is 545 g/mol. The average Bonchev–Trinajstić information content (AvgIpc) is 3.52. The fourth-order valence-electron chi connectivity index (χ4n) is 4.12. The minimum Gasteiger partial charge on any atom is -0.479 e. The number of ether oxygens (including phenoxy) is 2.